The lowest BCUT2D eigenvalue weighted by molar-refractivity contribution is -0.124. The van der Waals surface area contributed by atoms with Crippen LogP contribution in [0.4, 0.5) is 4.39 Å². The number of amides is 1. The van der Waals surface area contributed by atoms with Crippen molar-refractivity contribution in [2.75, 3.05) is 0 Å². The SMILES string of the molecule is C[C@H](NC(=O)C1(c2ccc(F)cc2)CC1)c1ccc2[nH]c(=O)[nH]c2c1. The first-order valence-corrected chi connectivity index (χ1v) is 8.27. The van der Waals surface area contributed by atoms with Gasteiger partial charge in [-0.25, -0.2) is 9.18 Å². The number of carbonyl (C=O) groups excluding carboxylic acids is 1. The Morgan fingerprint density at radius 3 is 2.48 bits per heavy atom. The molecule has 4 rings (SSSR count). The van der Waals surface area contributed by atoms with Crippen molar-refractivity contribution >= 4 is 16.9 Å². The van der Waals surface area contributed by atoms with Gasteiger partial charge >= 0.3 is 5.69 Å². The van der Waals surface area contributed by atoms with Crippen LogP contribution in [0.3, 0.4) is 0 Å². The lowest BCUT2D eigenvalue weighted by atomic mass is 9.94. The van der Waals surface area contributed by atoms with E-state index in [-0.39, 0.29) is 23.5 Å². The topological polar surface area (TPSA) is 77.8 Å². The highest BCUT2D eigenvalue weighted by Crippen LogP contribution is 2.48. The number of halogens is 1. The summed E-state index contributed by atoms with van der Waals surface area (Å²) in [6, 6.07) is 11.5. The molecule has 6 heteroatoms. The maximum Gasteiger partial charge on any atom is 0.323 e. The zero-order valence-corrected chi connectivity index (χ0v) is 13.7. The van der Waals surface area contributed by atoms with Crippen LogP contribution in [0.5, 0.6) is 0 Å². The van der Waals surface area contributed by atoms with Crippen molar-refractivity contribution in [2.24, 2.45) is 0 Å². The van der Waals surface area contributed by atoms with E-state index in [4.69, 9.17) is 0 Å². The van der Waals surface area contributed by atoms with Gasteiger partial charge in [0.2, 0.25) is 5.91 Å². The predicted octanol–water partition coefficient (Wildman–Crippen LogP) is 2.90. The molecule has 1 atom stereocenters. The summed E-state index contributed by atoms with van der Waals surface area (Å²) in [5, 5.41) is 3.05. The highest BCUT2D eigenvalue weighted by molar-refractivity contribution is 5.91. The third-order valence-electron chi connectivity index (χ3n) is 4.97. The number of nitrogens with one attached hydrogen (secondary N) is 3. The number of rotatable bonds is 4. The number of carbonyl (C=O) groups is 1. The summed E-state index contributed by atoms with van der Waals surface area (Å²) in [6.45, 7) is 1.91. The van der Waals surface area contributed by atoms with Crippen molar-refractivity contribution in [1.29, 1.82) is 0 Å². The fourth-order valence-electron chi connectivity index (χ4n) is 3.28. The van der Waals surface area contributed by atoms with E-state index in [0.717, 1.165) is 29.5 Å². The maximum atomic E-state index is 13.1. The molecule has 1 aliphatic rings. The van der Waals surface area contributed by atoms with Crippen molar-refractivity contribution in [3.05, 3.63) is 69.9 Å². The van der Waals surface area contributed by atoms with Gasteiger partial charge < -0.3 is 15.3 Å². The molecule has 0 aliphatic heterocycles. The highest BCUT2D eigenvalue weighted by atomic mass is 19.1. The molecular formula is C19H18FN3O2. The standard InChI is InChI=1S/C19H18FN3O2/c1-11(12-2-7-15-16(10-12)23-18(25)22-15)21-17(24)19(8-9-19)13-3-5-14(20)6-4-13/h2-7,10-11H,8-9H2,1H3,(H,21,24)(H2,22,23,25)/t11-/m0/s1. The molecule has 1 aromatic heterocycles. The van der Waals surface area contributed by atoms with E-state index in [1.54, 1.807) is 12.1 Å². The second-order valence-electron chi connectivity index (χ2n) is 6.67. The average molecular weight is 339 g/mol. The number of imidazole rings is 1. The zero-order valence-electron chi connectivity index (χ0n) is 13.7. The summed E-state index contributed by atoms with van der Waals surface area (Å²) in [5.41, 5.74) is 2.40. The van der Waals surface area contributed by atoms with Crippen molar-refractivity contribution in [2.45, 2.75) is 31.2 Å². The van der Waals surface area contributed by atoms with E-state index < -0.39 is 5.41 Å². The summed E-state index contributed by atoms with van der Waals surface area (Å²) in [5.74, 6) is -0.351. The predicted molar refractivity (Wildman–Crippen MR) is 92.8 cm³/mol. The molecule has 0 spiro atoms. The molecule has 1 aliphatic carbocycles. The van der Waals surface area contributed by atoms with Gasteiger partial charge in [-0.1, -0.05) is 18.2 Å². The molecule has 128 valence electrons. The molecule has 5 nitrogen and oxygen atoms in total. The molecule has 0 radical (unpaired) electrons. The van der Waals surface area contributed by atoms with Gasteiger partial charge in [0.05, 0.1) is 22.5 Å². The molecule has 1 amide bonds. The van der Waals surface area contributed by atoms with Gasteiger partial charge in [-0.3, -0.25) is 4.79 Å². The Labute approximate surface area is 143 Å². The molecule has 1 fully saturated rings. The molecule has 3 aromatic rings. The first kappa shape index (κ1) is 15.6. The zero-order chi connectivity index (χ0) is 17.6. The van der Waals surface area contributed by atoms with Crippen LogP contribution in [0.1, 0.15) is 36.9 Å². The number of hydrogen-bond acceptors (Lipinski definition) is 2. The Bertz CT molecular complexity index is 999. The molecular weight excluding hydrogens is 321 g/mol. The second kappa shape index (κ2) is 5.58. The molecule has 0 unspecified atom stereocenters. The minimum absolute atomic E-state index is 0.0470. The third kappa shape index (κ3) is 2.73. The van der Waals surface area contributed by atoms with E-state index in [9.17, 15) is 14.0 Å². The van der Waals surface area contributed by atoms with E-state index >= 15 is 0 Å². The van der Waals surface area contributed by atoms with Gasteiger partial charge in [0.25, 0.3) is 0 Å². The quantitative estimate of drug-likeness (QED) is 0.683. The number of aromatic amines is 2. The fraction of sp³-hybridized carbons (Fsp3) is 0.263. The number of H-pyrrole nitrogens is 2. The Hall–Kier alpha value is -2.89. The van der Waals surface area contributed by atoms with E-state index in [1.807, 2.05) is 25.1 Å². The molecule has 1 heterocycles. The average Bonchev–Trinajstić information content (AvgIpc) is 3.31. The third-order valence-corrected chi connectivity index (χ3v) is 4.97. The van der Waals surface area contributed by atoms with Crippen molar-refractivity contribution in [1.82, 2.24) is 15.3 Å². The molecule has 2 aromatic carbocycles. The number of aromatic nitrogens is 2. The Morgan fingerprint density at radius 2 is 1.80 bits per heavy atom. The van der Waals surface area contributed by atoms with Crippen LogP contribution >= 0.6 is 0 Å². The number of benzene rings is 2. The van der Waals surface area contributed by atoms with Crippen LogP contribution in [-0.4, -0.2) is 15.9 Å². The van der Waals surface area contributed by atoms with Crippen LogP contribution in [0, 0.1) is 5.82 Å². The van der Waals surface area contributed by atoms with E-state index in [2.05, 4.69) is 15.3 Å². The van der Waals surface area contributed by atoms with Crippen LogP contribution in [0.15, 0.2) is 47.3 Å². The smallest absolute Gasteiger partial charge is 0.323 e. The molecule has 25 heavy (non-hydrogen) atoms. The van der Waals surface area contributed by atoms with Crippen LogP contribution in [0.25, 0.3) is 11.0 Å². The van der Waals surface area contributed by atoms with Crippen LogP contribution in [0.2, 0.25) is 0 Å². The minimum Gasteiger partial charge on any atom is -0.349 e. The normalized spacial score (nSPS) is 16.6. The molecule has 0 saturated heterocycles. The van der Waals surface area contributed by atoms with Crippen LogP contribution < -0.4 is 11.0 Å². The monoisotopic (exact) mass is 339 g/mol. The Balaban J connectivity index is 1.55. The summed E-state index contributed by atoms with van der Waals surface area (Å²) in [6.07, 6.45) is 1.53. The van der Waals surface area contributed by atoms with Gasteiger partial charge in [-0.15, -0.1) is 0 Å². The molecule has 3 N–H and O–H groups in total. The highest BCUT2D eigenvalue weighted by Gasteiger charge is 2.51. The van der Waals surface area contributed by atoms with Crippen molar-refractivity contribution in [3.63, 3.8) is 0 Å². The Kier molecular flexibility index (Phi) is 3.49. The van der Waals surface area contributed by atoms with Gasteiger partial charge in [0, 0.05) is 0 Å². The number of fused-ring (bicyclic) bond motifs is 1. The number of hydrogen-bond donors (Lipinski definition) is 3. The lowest BCUT2D eigenvalue weighted by Crippen LogP contribution is -2.36. The summed E-state index contributed by atoms with van der Waals surface area (Å²) < 4.78 is 13.1. The molecule has 1 saturated carbocycles. The first-order valence-electron chi connectivity index (χ1n) is 8.27. The van der Waals surface area contributed by atoms with Crippen molar-refractivity contribution in [3.8, 4) is 0 Å². The summed E-state index contributed by atoms with van der Waals surface area (Å²) in [4.78, 5) is 29.6. The maximum absolute atomic E-state index is 13.1. The lowest BCUT2D eigenvalue weighted by Gasteiger charge is -2.20. The summed E-state index contributed by atoms with van der Waals surface area (Å²) >= 11 is 0. The second-order valence-corrected chi connectivity index (χ2v) is 6.67. The molecule has 0 bridgehead atoms. The first-order chi connectivity index (χ1) is 12.0. The van der Waals surface area contributed by atoms with Crippen molar-refractivity contribution < 1.29 is 9.18 Å². The largest absolute Gasteiger partial charge is 0.349 e. The van der Waals surface area contributed by atoms with E-state index in [0.29, 0.717) is 5.52 Å². The Morgan fingerprint density at radius 1 is 1.12 bits per heavy atom. The van der Waals surface area contributed by atoms with Gasteiger partial charge in [-0.2, -0.15) is 0 Å². The summed E-state index contributed by atoms with van der Waals surface area (Å²) in [7, 11) is 0. The minimum atomic E-state index is -0.547. The van der Waals surface area contributed by atoms with Crippen LogP contribution in [-0.2, 0) is 10.2 Å². The fourth-order valence-corrected chi connectivity index (χ4v) is 3.28. The van der Waals surface area contributed by atoms with Gasteiger partial charge in [0.15, 0.2) is 0 Å². The van der Waals surface area contributed by atoms with Gasteiger partial charge in [0.1, 0.15) is 5.82 Å². The van der Waals surface area contributed by atoms with Gasteiger partial charge in [-0.05, 0) is 55.2 Å². The van der Waals surface area contributed by atoms with E-state index in [1.165, 1.54) is 12.1 Å².